The molecule has 7 heteroatoms. The third-order valence-electron chi connectivity index (χ3n) is 6.15. The first-order chi connectivity index (χ1) is 15.9. The summed E-state index contributed by atoms with van der Waals surface area (Å²) in [4.78, 5) is 16.4. The lowest BCUT2D eigenvalue weighted by atomic mass is 9.89. The Labute approximate surface area is 198 Å². The maximum atomic E-state index is 11.5. The number of benzene rings is 2. The van der Waals surface area contributed by atoms with Gasteiger partial charge in [-0.05, 0) is 42.5 Å². The van der Waals surface area contributed by atoms with E-state index in [1.54, 1.807) is 5.48 Å². The molecule has 0 bridgehead atoms. The average Bonchev–Trinajstić information content (AvgIpc) is 2.82. The molecule has 2 aromatic carbocycles. The molecular weight excluding hydrogens is 416 g/mol. The molecular formula is C26H40N4O3. The van der Waals surface area contributed by atoms with Crippen LogP contribution in [0, 0.1) is 0 Å². The van der Waals surface area contributed by atoms with Gasteiger partial charge >= 0.3 is 5.97 Å². The maximum Gasteiger partial charge on any atom is 0.323 e. The number of carboxylic acid groups (broad SMARTS) is 1. The van der Waals surface area contributed by atoms with Gasteiger partial charge in [-0.3, -0.25) is 9.69 Å². The van der Waals surface area contributed by atoms with Crippen LogP contribution in [0.2, 0.25) is 0 Å². The maximum absolute atomic E-state index is 11.5. The summed E-state index contributed by atoms with van der Waals surface area (Å²) in [6.45, 7) is 8.03. The van der Waals surface area contributed by atoms with Crippen LogP contribution in [0.15, 0.2) is 54.6 Å². The highest BCUT2D eigenvalue weighted by atomic mass is 16.5. The third-order valence-corrected chi connectivity index (χ3v) is 6.15. The Kier molecular flexibility index (Phi) is 11.5. The van der Waals surface area contributed by atoms with Crippen LogP contribution in [0.3, 0.4) is 0 Å². The Bertz CT molecular complexity index is 808. The predicted octanol–water partition coefficient (Wildman–Crippen LogP) is 3.43. The van der Waals surface area contributed by atoms with E-state index < -0.39 is 11.5 Å². The third kappa shape index (κ3) is 8.87. The van der Waals surface area contributed by atoms with Crippen molar-refractivity contribution in [1.82, 2.24) is 15.3 Å². The zero-order chi connectivity index (χ0) is 24.1. The van der Waals surface area contributed by atoms with E-state index in [0.717, 1.165) is 52.1 Å². The van der Waals surface area contributed by atoms with E-state index in [0.29, 0.717) is 12.8 Å². The molecule has 7 nitrogen and oxygen atoms in total. The summed E-state index contributed by atoms with van der Waals surface area (Å²) < 4.78 is 0. The Morgan fingerprint density at radius 3 is 2.06 bits per heavy atom. The van der Waals surface area contributed by atoms with Crippen molar-refractivity contribution in [3.8, 4) is 11.1 Å². The summed E-state index contributed by atoms with van der Waals surface area (Å²) in [5.74, 6) is -0.868. The molecule has 1 aliphatic heterocycles. The number of nitrogens with two attached hydrogens (primary N) is 1. The molecule has 0 radical (unpaired) electrons. The van der Waals surface area contributed by atoms with E-state index in [-0.39, 0.29) is 0 Å². The summed E-state index contributed by atoms with van der Waals surface area (Å²) in [5.41, 5.74) is 10.6. The minimum atomic E-state index is -1.07. The van der Waals surface area contributed by atoms with Crippen molar-refractivity contribution >= 4 is 5.97 Å². The Hall–Kier alpha value is -2.29. The molecule has 1 unspecified atom stereocenters. The summed E-state index contributed by atoms with van der Waals surface area (Å²) >= 11 is 0. The second kappa shape index (κ2) is 14.1. The van der Waals surface area contributed by atoms with E-state index >= 15 is 0 Å². The van der Waals surface area contributed by atoms with Gasteiger partial charge < -0.3 is 20.9 Å². The van der Waals surface area contributed by atoms with Crippen LogP contribution in [0.4, 0.5) is 0 Å². The summed E-state index contributed by atoms with van der Waals surface area (Å²) in [5, 5.41) is 16.7. The molecule has 2 aromatic rings. The molecule has 3 rings (SSSR count). The van der Waals surface area contributed by atoms with Crippen LogP contribution in [-0.4, -0.2) is 71.4 Å². The molecule has 0 aliphatic carbocycles. The number of rotatable bonds is 10. The molecule has 1 atom stereocenters. The fourth-order valence-corrected chi connectivity index (χ4v) is 4.27. The van der Waals surface area contributed by atoms with E-state index in [1.165, 1.54) is 23.7 Å². The van der Waals surface area contributed by atoms with Crippen LogP contribution in [0.5, 0.6) is 0 Å². The molecule has 0 amide bonds. The lowest BCUT2D eigenvalue weighted by molar-refractivity contribution is -0.144. The number of carboxylic acids is 1. The topological polar surface area (TPSA) is 102 Å². The normalized spacial score (nSPS) is 16.5. The quantitative estimate of drug-likeness (QED) is 0.406. The van der Waals surface area contributed by atoms with Crippen LogP contribution in [0.1, 0.15) is 38.2 Å². The van der Waals surface area contributed by atoms with Crippen molar-refractivity contribution in [2.75, 3.05) is 39.8 Å². The summed E-state index contributed by atoms with van der Waals surface area (Å²) in [6, 6.07) is 19.3. The van der Waals surface area contributed by atoms with Gasteiger partial charge in [-0.15, -0.1) is 0 Å². The van der Waals surface area contributed by atoms with Gasteiger partial charge in [0.2, 0.25) is 0 Å². The van der Waals surface area contributed by atoms with Gasteiger partial charge in [-0.25, -0.2) is 5.48 Å². The number of nitrogens with zero attached hydrogens (tertiary/aromatic N) is 2. The SMILES string of the molecule is CCCC(N)(CCCN1CCN(Cc2ccc(-c3ccccc3)cc2)CC1)C(=O)O.CNO. The van der Waals surface area contributed by atoms with Crippen molar-refractivity contribution in [2.24, 2.45) is 5.73 Å². The Morgan fingerprint density at radius 1 is 0.970 bits per heavy atom. The van der Waals surface area contributed by atoms with Crippen molar-refractivity contribution in [3.05, 3.63) is 60.2 Å². The number of aliphatic carboxylic acids is 1. The van der Waals surface area contributed by atoms with Crippen LogP contribution < -0.4 is 11.2 Å². The Balaban J connectivity index is 0.00000122. The van der Waals surface area contributed by atoms with E-state index in [2.05, 4.69) is 58.3 Å². The molecule has 0 spiro atoms. The first-order valence-electron chi connectivity index (χ1n) is 11.8. The summed E-state index contributed by atoms with van der Waals surface area (Å²) in [7, 11) is 1.43. The number of carbonyl (C=O) groups is 1. The molecule has 182 valence electrons. The van der Waals surface area contributed by atoms with Gasteiger partial charge in [0.15, 0.2) is 0 Å². The smallest absolute Gasteiger partial charge is 0.323 e. The Morgan fingerprint density at radius 2 is 1.52 bits per heavy atom. The highest BCUT2D eigenvalue weighted by Crippen LogP contribution is 2.21. The van der Waals surface area contributed by atoms with Crippen molar-refractivity contribution in [2.45, 2.75) is 44.7 Å². The van der Waals surface area contributed by atoms with Gasteiger partial charge in [-0.2, -0.15) is 0 Å². The van der Waals surface area contributed by atoms with Gasteiger partial charge in [-0.1, -0.05) is 67.9 Å². The lowest BCUT2D eigenvalue weighted by Gasteiger charge is -2.35. The number of nitrogens with one attached hydrogen (secondary N) is 1. The zero-order valence-electron chi connectivity index (χ0n) is 20.0. The standard InChI is InChI=1S/C25H35N3O2.CH5NO/c1-2-13-25(26,24(29)30)14-6-15-27-16-18-28(19-17-27)20-21-9-11-23(12-10-21)22-7-4-3-5-8-22;1-2-3/h3-5,7-12H,2,6,13-20,26H2,1H3,(H,29,30);2-3H,1H3. The monoisotopic (exact) mass is 456 g/mol. The first kappa shape index (κ1) is 27.0. The van der Waals surface area contributed by atoms with Crippen LogP contribution in [-0.2, 0) is 11.3 Å². The molecule has 0 aromatic heterocycles. The van der Waals surface area contributed by atoms with E-state index in [9.17, 15) is 9.90 Å². The van der Waals surface area contributed by atoms with Crippen molar-refractivity contribution in [1.29, 1.82) is 0 Å². The van der Waals surface area contributed by atoms with Crippen molar-refractivity contribution < 1.29 is 15.1 Å². The average molecular weight is 457 g/mol. The molecule has 5 N–H and O–H groups in total. The molecule has 1 aliphatic rings. The predicted molar refractivity (Wildman–Crippen MR) is 133 cm³/mol. The molecule has 0 saturated carbocycles. The first-order valence-corrected chi connectivity index (χ1v) is 11.8. The minimum absolute atomic E-state index is 0.541. The minimum Gasteiger partial charge on any atom is -0.480 e. The second-order valence-electron chi connectivity index (χ2n) is 8.72. The number of hydrogen-bond donors (Lipinski definition) is 4. The summed E-state index contributed by atoms with van der Waals surface area (Å²) in [6.07, 6.45) is 2.72. The fraction of sp³-hybridized carbons (Fsp3) is 0.500. The lowest BCUT2D eigenvalue weighted by Crippen LogP contribution is -2.49. The zero-order valence-corrected chi connectivity index (χ0v) is 20.0. The van der Waals surface area contributed by atoms with Gasteiger partial charge in [0.05, 0.1) is 0 Å². The fourth-order valence-electron chi connectivity index (χ4n) is 4.27. The van der Waals surface area contributed by atoms with E-state index in [1.807, 2.05) is 13.0 Å². The van der Waals surface area contributed by atoms with Gasteiger partial charge in [0, 0.05) is 39.8 Å². The van der Waals surface area contributed by atoms with Crippen LogP contribution >= 0.6 is 0 Å². The number of hydrogen-bond acceptors (Lipinski definition) is 6. The molecule has 1 heterocycles. The van der Waals surface area contributed by atoms with Gasteiger partial charge in [0.1, 0.15) is 5.54 Å². The largest absolute Gasteiger partial charge is 0.480 e. The highest BCUT2D eigenvalue weighted by Gasteiger charge is 2.32. The number of piperazine rings is 1. The van der Waals surface area contributed by atoms with Gasteiger partial charge in [0.25, 0.3) is 0 Å². The van der Waals surface area contributed by atoms with E-state index in [4.69, 9.17) is 10.9 Å². The molecule has 1 saturated heterocycles. The molecule has 1 fully saturated rings. The second-order valence-corrected chi connectivity index (χ2v) is 8.72. The van der Waals surface area contributed by atoms with Crippen LogP contribution in [0.25, 0.3) is 11.1 Å². The van der Waals surface area contributed by atoms with Crippen molar-refractivity contribution in [3.63, 3.8) is 0 Å². The number of hydroxylamine groups is 1. The molecule has 33 heavy (non-hydrogen) atoms. The highest BCUT2D eigenvalue weighted by molar-refractivity contribution is 5.78.